The third-order valence-electron chi connectivity index (χ3n) is 4.98. The van der Waals surface area contributed by atoms with Crippen molar-refractivity contribution in [1.82, 2.24) is 10.0 Å². The van der Waals surface area contributed by atoms with Gasteiger partial charge in [0.25, 0.3) is 5.91 Å². The van der Waals surface area contributed by atoms with Crippen LogP contribution in [0.3, 0.4) is 0 Å². The number of aryl methyl sites for hydroxylation is 2. The van der Waals surface area contributed by atoms with Gasteiger partial charge in [0, 0.05) is 23.7 Å². The average Bonchev–Trinajstić information content (AvgIpc) is 3.27. The number of rotatable bonds is 7. The lowest BCUT2D eigenvalue weighted by Crippen LogP contribution is -2.33. The highest BCUT2D eigenvalue weighted by atomic mass is 32.2. The van der Waals surface area contributed by atoms with Gasteiger partial charge in [0.1, 0.15) is 22.2 Å². The number of carbonyl (C=O) groups excluding carboxylic acids is 1. The van der Waals surface area contributed by atoms with Crippen molar-refractivity contribution in [2.45, 2.75) is 57.0 Å². The molecule has 0 aliphatic heterocycles. The lowest BCUT2D eigenvalue weighted by atomic mass is 10.2. The quantitative estimate of drug-likeness (QED) is 0.736. The van der Waals surface area contributed by atoms with Crippen molar-refractivity contribution in [2.75, 3.05) is 7.11 Å². The van der Waals surface area contributed by atoms with Crippen LogP contribution in [0.4, 0.5) is 0 Å². The number of hydrogen-bond acceptors (Lipinski definition) is 5. The van der Waals surface area contributed by atoms with Gasteiger partial charge in [0.2, 0.25) is 10.0 Å². The molecule has 1 aliphatic carbocycles. The summed E-state index contributed by atoms with van der Waals surface area (Å²) in [5.74, 6) is 1.37. The first-order valence-electron chi connectivity index (χ1n) is 9.34. The molecule has 2 N–H and O–H groups in total. The minimum atomic E-state index is -3.78. The van der Waals surface area contributed by atoms with E-state index in [1.807, 2.05) is 19.9 Å². The highest BCUT2D eigenvalue weighted by Gasteiger charge is 2.26. The van der Waals surface area contributed by atoms with Crippen LogP contribution >= 0.6 is 0 Å². The number of hydrogen-bond donors (Lipinski definition) is 2. The van der Waals surface area contributed by atoms with Crippen molar-refractivity contribution in [1.29, 1.82) is 0 Å². The zero-order chi connectivity index (χ0) is 20.3. The molecule has 1 aromatic heterocycles. The standard InChI is InChI=1S/C20H26N2O5S/c1-13-10-16(14(2)27-13)12-21-20(23)15-8-9-18(26-3)19(11-15)28(24,25)22-17-6-4-5-7-17/h8-11,17,22H,4-7,12H2,1-3H3,(H,21,23). The fourth-order valence-corrected chi connectivity index (χ4v) is 4.99. The second kappa shape index (κ2) is 8.36. The Labute approximate surface area is 165 Å². The Balaban J connectivity index is 1.79. The lowest BCUT2D eigenvalue weighted by Gasteiger charge is -2.15. The van der Waals surface area contributed by atoms with Gasteiger partial charge < -0.3 is 14.5 Å². The second-order valence-corrected chi connectivity index (χ2v) is 8.77. The molecule has 152 valence electrons. The summed E-state index contributed by atoms with van der Waals surface area (Å²) in [5, 5.41) is 2.80. The number of furan rings is 1. The number of amides is 1. The largest absolute Gasteiger partial charge is 0.495 e. The van der Waals surface area contributed by atoms with Gasteiger partial charge in [0.05, 0.1) is 7.11 Å². The number of benzene rings is 1. The maximum atomic E-state index is 12.8. The van der Waals surface area contributed by atoms with E-state index in [2.05, 4.69) is 10.0 Å². The Bertz CT molecular complexity index is 959. The van der Waals surface area contributed by atoms with Crippen LogP contribution in [0.2, 0.25) is 0 Å². The highest BCUT2D eigenvalue weighted by Crippen LogP contribution is 2.27. The van der Waals surface area contributed by atoms with Gasteiger partial charge in [-0.3, -0.25) is 4.79 Å². The van der Waals surface area contributed by atoms with E-state index < -0.39 is 10.0 Å². The zero-order valence-corrected chi connectivity index (χ0v) is 17.2. The second-order valence-electron chi connectivity index (χ2n) is 7.09. The van der Waals surface area contributed by atoms with Gasteiger partial charge in [-0.05, 0) is 51.0 Å². The number of nitrogens with one attached hydrogen (secondary N) is 2. The van der Waals surface area contributed by atoms with Crippen LogP contribution in [0.25, 0.3) is 0 Å². The number of ether oxygens (including phenoxy) is 1. The monoisotopic (exact) mass is 406 g/mol. The molecular weight excluding hydrogens is 380 g/mol. The van der Waals surface area contributed by atoms with Gasteiger partial charge in [-0.2, -0.15) is 0 Å². The molecule has 0 radical (unpaired) electrons. The first-order chi connectivity index (χ1) is 13.3. The van der Waals surface area contributed by atoms with Crippen molar-refractivity contribution < 1.29 is 22.4 Å². The van der Waals surface area contributed by atoms with Crippen molar-refractivity contribution in [2.24, 2.45) is 0 Å². The maximum Gasteiger partial charge on any atom is 0.251 e. The molecule has 1 saturated carbocycles. The van der Waals surface area contributed by atoms with Crippen LogP contribution in [0.15, 0.2) is 33.6 Å². The predicted molar refractivity (Wildman–Crippen MR) is 105 cm³/mol. The van der Waals surface area contributed by atoms with E-state index in [0.29, 0.717) is 6.54 Å². The molecular formula is C20H26N2O5S. The summed E-state index contributed by atoms with van der Waals surface area (Å²) >= 11 is 0. The Morgan fingerprint density at radius 1 is 1.21 bits per heavy atom. The fourth-order valence-electron chi connectivity index (χ4n) is 3.49. The molecule has 0 saturated heterocycles. The van der Waals surface area contributed by atoms with Crippen molar-refractivity contribution in [3.63, 3.8) is 0 Å². The van der Waals surface area contributed by atoms with E-state index in [1.54, 1.807) is 6.07 Å². The van der Waals surface area contributed by atoms with E-state index >= 15 is 0 Å². The molecule has 8 heteroatoms. The van der Waals surface area contributed by atoms with Crippen molar-refractivity contribution >= 4 is 15.9 Å². The molecule has 1 heterocycles. The van der Waals surface area contributed by atoms with Crippen LogP contribution in [0.5, 0.6) is 5.75 Å². The molecule has 28 heavy (non-hydrogen) atoms. The molecule has 1 amide bonds. The van der Waals surface area contributed by atoms with E-state index in [0.717, 1.165) is 42.8 Å². The van der Waals surface area contributed by atoms with Crippen LogP contribution in [0, 0.1) is 13.8 Å². The predicted octanol–water partition coefficient (Wildman–Crippen LogP) is 3.06. The smallest absolute Gasteiger partial charge is 0.251 e. The Kier molecular flexibility index (Phi) is 6.10. The van der Waals surface area contributed by atoms with Crippen molar-refractivity contribution in [3.05, 3.63) is 46.9 Å². The Morgan fingerprint density at radius 3 is 2.54 bits per heavy atom. The molecule has 0 spiro atoms. The summed E-state index contributed by atoms with van der Waals surface area (Å²) in [4.78, 5) is 12.5. The lowest BCUT2D eigenvalue weighted by molar-refractivity contribution is 0.0950. The number of methoxy groups -OCH3 is 1. The minimum Gasteiger partial charge on any atom is -0.495 e. The Morgan fingerprint density at radius 2 is 1.93 bits per heavy atom. The third-order valence-corrected chi connectivity index (χ3v) is 6.52. The SMILES string of the molecule is COc1ccc(C(=O)NCc2cc(C)oc2C)cc1S(=O)(=O)NC1CCCC1. The van der Waals surface area contributed by atoms with E-state index in [1.165, 1.54) is 19.2 Å². The number of carbonyl (C=O) groups is 1. The van der Waals surface area contributed by atoms with Crippen molar-refractivity contribution in [3.8, 4) is 5.75 Å². The van der Waals surface area contributed by atoms with Crippen LogP contribution in [-0.4, -0.2) is 27.5 Å². The van der Waals surface area contributed by atoms with Gasteiger partial charge >= 0.3 is 0 Å². The van der Waals surface area contributed by atoms with Gasteiger partial charge in [0.15, 0.2) is 0 Å². The summed E-state index contributed by atoms with van der Waals surface area (Å²) in [6.45, 7) is 3.98. The van der Waals surface area contributed by atoms with E-state index in [4.69, 9.17) is 9.15 Å². The third kappa shape index (κ3) is 4.56. The summed E-state index contributed by atoms with van der Waals surface area (Å²) in [5.41, 5.74) is 1.14. The van der Waals surface area contributed by atoms with Gasteiger partial charge in [-0.1, -0.05) is 12.8 Å². The average molecular weight is 407 g/mol. The molecule has 0 bridgehead atoms. The first kappa shape index (κ1) is 20.4. The maximum absolute atomic E-state index is 12.8. The molecule has 3 rings (SSSR count). The molecule has 2 aromatic rings. The van der Waals surface area contributed by atoms with Gasteiger partial charge in [-0.25, -0.2) is 13.1 Å². The van der Waals surface area contributed by atoms with Crippen LogP contribution in [0.1, 0.15) is 53.1 Å². The molecule has 7 nitrogen and oxygen atoms in total. The first-order valence-corrected chi connectivity index (χ1v) is 10.8. The summed E-state index contributed by atoms with van der Waals surface area (Å²) < 4.78 is 39.1. The Hall–Kier alpha value is -2.32. The normalized spacial score (nSPS) is 15.0. The summed E-state index contributed by atoms with van der Waals surface area (Å²) in [6, 6.07) is 6.21. The molecule has 1 aliphatic rings. The highest BCUT2D eigenvalue weighted by molar-refractivity contribution is 7.89. The minimum absolute atomic E-state index is 0.0233. The van der Waals surface area contributed by atoms with Crippen LogP contribution < -0.4 is 14.8 Å². The zero-order valence-electron chi connectivity index (χ0n) is 16.4. The van der Waals surface area contributed by atoms with Crippen LogP contribution in [-0.2, 0) is 16.6 Å². The molecule has 1 fully saturated rings. The fraction of sp³-hybridized carbons (Fsp3) is 0.450. The van der Waals surface area contributed by atoms with E-state index in [-0.39, 0.29) is 28.2 Å². The number of sulfonamides is 1. The molecule has 0 unspecified atom stereocenters. The summed E-state index contributed by atoms with van der Waals surface area (Å²) in [7, 11) is -2.37. The topological polar surface area (TPSA) is 97.6 Å². The van der Waals surface area contributed by atoms with Gasteiger partial charge in [-0.15, -0.1) is 0 Å². The summed E-state index contributed by atoms with van der Waals surface area (Å²) in [6.07, 6.45) is 3.68. The molecule has 1 aromatic carbocycles. The molecule has 0 atom stereocenters. The van der Waals surface area contributed by atoms with E-state index in [9.17, 15) is 13.2 Å².